The number of nitrogens with one attached hydrogen (secondary N) is 2. The summed E-state index contributed by atoms with van der Waals surface area (Å²) in [7, 11) is -0.660. The van der Waals surface area contributed by atoms with Crippen LogP contribution in [0.1, 0.15) is 47.1 Å². The van der Waals surface area contributed by atoms with Gasteiger partial charge in [-0.05, 0) is 95.3 Å². The topological polar surface area (TPSA) is 331 Å². The Morgan fingerprint density at radius 3 is 1.81 bits per heavy atom. The molecule has 31 heteroatoms. The number of aromatic nitrogens is 4. The van der Waals surface area contributed by atoms with Gasteiger partial charge in [-0.2, -0.15) is 9.97 Å². The molecule has 2 aliphatic heterocycles. The monoisotopic (exact) mass is 1230 g/mol. The number of halogens is 5. The molecule has 6 rings (SSSR count). The molecule has 4 aromatic rings. The Hall–Kier alpha value is -4.38. The zero-order valence-corrected chi connectivity index (χ0v) is 46.3. The summed E-state index contributed by atoms with van der Waals surface area (Å²) in [6, 6.07) is 13.9. The Morgan fingerprint density at radius 1 is 0.865 bits per heavy atom. The van der Waals surface area contributed by atoms with Crippen LogP contribution in [-0.2, 0) is 32.7 Å². The molecule has 2 aromatic heterocycles. The fourth-order valence-electron chi connectivity index (χ4n) is 6.47. The lowest BCUT2D eigenvalue weighted by Crippen LogP contribution is -2.43. The van der Waals surface area contributed by atoms with Crippen molar-refractivity contribution in [2.75, 3.05) is 39.6 Å². The van der Waals surface area contributed by atoms with Crippen molar-refractivity contribution in [3.8, 4) is 11.5 Å². The van der Waals surface area contributed by atoms with Gasteiger partial charge in [0.2, 0.25) is 0 Å². The number of carbonyl (C=O) groups is 2. The standard InChI is InChI=1S/C20H25BrFN4O7P.C13H19FN4O4.C10H12BrClNO4P/c1-11(12(2)27)25-34(30,33-14-6-4-13(21)5-7-14)31-10-15-17(28)20(3,22)18(32-15)26-9-8-16(23)24-19(26)29;1-13(14)10(20)8(6-19)22-11(13)18-5-4-9(16-12(18)21)15-7-17(2)3;1-7(10(15)6-14)13-18(12,16)17-9-4-2-8(11)3-5-9/h4-9,11,15,17-18,28H,10H2,1-3H3,(H,25,30)(H2,23,24,29);4-5,7-8,10-11,19-20H,6H2,1-3H3;2-5,7,14H,6H2,1H3,(H,13,16)/t11-,15+,17+,18+,20+,34?;8-,10-,11-,13-;7-,18?/m010/s1. The predicted octanol–water partition coefficient (Wildman–Crippen LogP) is 4.50. The van der Waals surface area contributed by atoms with Gasteiger partial charge in [-0.1, -0.05) is 31.9 Å². The third kappa shape index (κ3) is 17.1. The molecule has 0 saturated carbocycles. The van der Waals surface area contributed by atoms with Crippen molar-refractivity contribution in [1.82, 2.24) is 34.2 Å². The van der Waals surface area contributed by atoms with Crippen molar-refractivity contribution in [2.24, 2.45) is 4.99 Å². The quantitative estimate of drug-likeness (QED) is 0.0386. The number of nitrogens with zero attached hydrogens (tertiary/aromatic N) is 6. The summed E-state index contributed by atoms with van der Waals surface area (Å²) in [5, 5.41) is 43.0. The van der Waals surface area contributed by atoms with E-state index in [1.807, 2.05) is 0 Å². The van der Waals surface area contributed by atoms with Crippen LogP contribution in [-0.4, -0.2) is 144 Å². The van der Waals surface area contributed by atoms with Crippen LogP contribution < -0.4 is 36.3 Å². The molecule has 2 aliphatic rings. The highest BCUT2D eigenvalue weighted by molar-refractivity contribution is 9.10. The molecular weight excluding hydrogens is 1180 g/mol. The number of anilines is 1. The van der Waals surface area contributed by atoms with Crippen molar-refractivity contribution in [3.05, 3.63) is 103 Å². The first kappa shape index (κ1) is 62.2. The zero-order chi connectivity index (χ0) is 55.5. The minimum atomic E-state index is -4.19. The number of rotatable bonds is 19. The molecule has 4 heterocycles. The van der Waals surface area contributed by atoms with Gasteiger partial charge in [-0.15, -0.1) is 0 Å². The molecule has 0 radical (unpaired) electrons. The molecule has 2 unspecified atom stereocenters. The molecule has 2 fully saturated rings. The fourth-order valence-corrected chi connectivity index (χ4v) is 10.3. The lowest BCUT2D eigenvalue weighted by Gasteiger charge is -2.25. The largest absolute Gasteiger partial charge is 0.459 e. The number of ether oxygens (including phenoxy) is 2. The number of nitrogens with two attached hydrogens (primary N) is 1. The highest BCUT2D eigenvalue weighted by Crippen LogP contribution is 2.49. The Labute approximate surface area is 444 Å². The van der Waals surface area contributed by atoms with E-state index in [0.717, 1.165) is 31.9 Å². The number of aliphatic hydroxyl groups is 4. The maximum atomic E-state index is 15.4. The number of nitrogen functional groups attached to an aromatic ring is 1. The van der Waals surface area contributed by atoms with Gasteiger partial charge in [-0.3, -0.25) is 23.2 Å². The minimum absolute atomic E-state index is 0.0584. The molecule has 0 amide bonds. The summed E-state index contributed by atoms with van der Waals surface area (Å²) in [6.07, 6.45) is -4.68. The van der Waals surface area contributed by atoms with E-state index in [2.05, 4.69) is 57.0 Å². The number of aliphatic hydroxyl groups excluding tert-OH is 4. The van der Waals surface area contributed by atoms with Crippen molar-refractivity contribution in [1.29, 1.82) is 0 Å². The minimum Gasteiger partial charge on any atom is -0.422 e. The number of hydrogen-bond acceptors (Lipinski definition) is 19. The van der Waals surface area contributed by atoms with Crippen LogP contribution in [0.4, 0.5) is 20.4 Å². The van der Waals surface area contributed by atoms with Gasteiger partial charge in [0.25, 0.3) is 0 Å². The molecule has 12 atom stereocenters. The van der Waals surface area contributed by atoms with Crippen molar-refractivity contribution < 1.29 is 71.0 Å². The number of benzene rings is 2. The zero-order valence-electron chi connectivity index (χ0n) is 40.6. The molecule has 408 valence electrons. The maximum absolute atomic E-state index is 15.4. The van der Waals surface area contributed by atoms with E-state index in [4.69, 9.17) is 50.2 Å². The van der Waals surface area contributed by atoms with Crippen LogP contribution in [0.3, 0.4) is 0 Å². The second kappa shape index (κ2) is 26.6. The first-order valence-electron chi connectivity index (χ1n) is 21.9. The second-order valence-electron chi connectivity index (χ2n) is 17.0. The molecule has 24 nitrogen and oxygen atoms in total. The fraction of sp³-hybridized carbons (Fsp3) is 0.465. The highest BCUT2D eigenvalue weighted by Gasteiger charge is 2.56. The molecule has 74 heavy (non-hydrogen) atoms. The van der Waals surface area contributed by atoms with Crippen molar-refractivity contribution in [2.45, 2.75) is 94.9 Å². The molecule has 0 spiro atoms. The van der Waals surface area contributed by atoms with Gasteiger partial charge in [0.1, 0.15) is 54.1 Å². The third-order valence-electron chi connectivity index (χ3n) is 10.6. The smallest absolute Gasteiger partial charge is 0.422 e. The number of ketones is 2. The van der Waals surface area contributed by atoms with Crippen molar-refractivity contribution >= 4 is 87.3 Å². The van der Waals surface area contributed by atoms with Gasteiger partial charge in [0, 0.05) is 46.7 Å². The summed E-state index contributed by atoms with van der Waals surface area (Å²) >= 11 is 12.2. The van der Waals surface area contributed by atoms with E-state index in [9.17, 15) is 42.9 Å². The number of alkyl halides is 2. The van der Waals surface area contributed by atoms with Crippen LogP contribution in [0.5, 0.6) is 11.5 Å². The van der Waals surface area contributed by atoms with Gasteiger partial charge in [0.05, 0.1) is 31.6 Å². The lowest BCUT2D eigenvalue weighted by molar-refractivity contribution is -0.123. The van der Waals surface area contributed by atoms with Crippen LogP contribution in [0.15, 0.2) is 96.6 Å². The Kier molecular flexibility index (Phi) is 22.3. The average molecular weight is 1230 g/mol. The lowest BCUT2D eigenvalue weighted by atomic mass is 9.98. The highest BCUT2D eigenvalue weighted by atomic mass is 79.9. The Morgan fingerprint density at radius 2 is 1.35 bits per heavy atom. The van der Waals surface area contributed by atoms with Crippen LogP contribution in [0, 0.1) is 0 Å². The summed E-state index contributed by atoms with van der Waals surface area (Å²) < 4.78 is 85.5. The van der Waals surface area contributed by atoms with E-state index >= 15 is 4.39 Å². The first-order valence-corrected chi connectivity index (χ1v) is 27.5. The Balaban J connectivity index is 0.000000256. The number of carbonyl (C=O) groups excluding carboxylic acids is 2. The van der Waals surface area contributed by atoms with Crippen LogP contribution in [0.2, 0.25) is 0 Å². The normalized spacial score (nSPS) is 25.8. The first-order chi connectivity index (χ1) is 34.4. The van der Waals surface area contributed by atoms with E-state index in [1.165, 1.54) is 63.8 Å². The third-order valence-corrected chi connectivity index (χ3v) is 15.0. The summed E-state index contributed by atoms with van der Waals surface area (Å²) in [4.78, 5) is 59.9. The maximum Gasteiger partial charge on any atom is 0.459 e. The number of aliphatic imine (C=N–C) groups is 1. The van der Waals surface area contributed by atoms with E-state index in [0.29, 0.717) is 5.75 Å². The van der Waals surface area contributed by atoms with Gasteiger partial charge in [-0.25, -0.2) is 42.7 Å². The number of Topliss-reactive ketones (excluding diaryl/α,β-unsaturated/α-hetero) is 2. The SMILES string of the molecule is CC(=O)[C@H](C)NP(=O)(OC[C@H]1O[C@@H](n2ccc(N)nc2=O)[C@](C)(F)[C@@H]1O)Oc1ccc(Br)cc1.CN(C)C=Nc1ccn([C@@H]2O[C@H](CO)[C@@H](O)[C@@]2(C)F)c(=O)n1.C[C@H](NP(=O)(Cl)Oc1ccc(Br)cc1)C(=O)CO. The van der Waals surface area contributed by atoms with Crippen molar-refractivity contribution in [3.63, 3.8) is 0 Å². The molecule has 2 aromatic carbocycles. The second-order valence-corrected chi connectivity index (χ2v) is 23.2. The van der Waals surface area contributed by atoms with Gasteiger partial charge >= 0.3 is 26.0 Å². The molecule has 0 aliphatic carbocycles. The molecule has 8 N–H and O–H groups in total. The molecule has 0 bridgehead atoms. The van der Waals surface area contributed by atoms with E-state index < -0.39 is 112 Å². The van der Waals surface area contributed by atoms with E-state index in [1.54, 1.807) is 55.4 Å². The van der Waals surface area contributed by atoms with Gasteiger partial charge in [0.15, 0.2) is 35.4 Å². The molecule has 2 saturated heterocycles. The molecular formula is C43H56Br2ClF2N9O15P2. The number of hydrogen-bond donors (Lipinski definition) is 7. The predicted molar refractivity (Wildman–Crippen MR) is 274 cm³/mol. The summed E-state index contributed by atoms with van der Waals surface area (Å²) in [5.74, 6) is -0.241. The van der Waals surface area contributed by atoms with Crippen LogP contribution >= 0.6 is 57.7 Å². The van der Waals surface area contributed by atoms with Gasteiger partial charge < -0.3 is 49.6 Å². The summed E-state index contributed by atoms with van der Waals surface area (Å²) in [6.45, 7) is 0.916. The van der Waals surface area contributed by atoms with E-state index in [-0.39, 0.29) is 23.2 Å². The average Bonchev–Trinajstić information content (AvgIpc) is 3.69. The Bertz CT molecular complexity index is 2800. The van der Waals surface area contributed by atoms with Crippen LogP contribution in [0.25, 0.3) is 0 Å². The summed E-state index contributed by atoms with van der Waals surface area (Å²) in [5.41, 5.74) is -0.812.